The first-order valence-corrected chi connectivity index (χ1v) is 8.79. The van der Waals surface area contributed by atoms with Crippen LogP contribution in [0.2, 0.25) is 10.0 Å². The number of hydrogen-bond donors (Lipinski definition) is 1. The molecule has 0 aliphatic heterocycles. The van der Waals surface area contributed by atoms with Gasteiger partial charge in [0.25, 0.3) is 10.0 Å². The predicted octanol–water partition coefficient (Wildman–Crippen LogP) is 4.28. The fourth-order valence-corrected chi connectivity index (χ4v) is 3.93. The number of aryl methyl sites for hydroxylation is 2. The van der Waals surface area contributed by atoms with Gasteiger partial charge < -0.3 is 0 Å². The van der Waals surface area contributed by atoms with Crippen molar-refractivity contribution in [1.29, 1.82) is 0 Å². The lowest BCUT2D eigenvalue weighted by atomic mass is 10.1. The Hall–Kier alpha value is -1.23. The van der Waals surface area contributed by atoms with E-state index in [1.54, 1.807) is 6.07 Å². The third kappa shape index (κ3) is 3.03. The molecule has 0 bridgehead atoms. The predicted molar refractivity (Wildman–Crippen MR) is 85.7 cm³/mol. The van der Waals surface area contributed by atoms with Crippen LogP contribution in [0.4, 0.5) is 5.69 Å². The Morgan fingerprint density at radius 1 is 0.905 bits per heavy atom. The van der Waals surface area contributed by atoms with Gasteiger partial charge >= 0.3 is 0 Å². The van der Waals surface area contributed by atoms with Gasteiger partial charge in [-0.2, -0.15) is 0 Å². The largest absolute Gasteiger partial charge is 0.280 e. The van der Waals surface area contributed by atoms with E-state index in [9.17, 15) is 8.42 Å². The van der Waals surface area contributed by atoms with Crippen molar-refractivity contribution in [1.82, 2.24) is 0 Å². The molecule has 0 amide bonds. The topological polar surface area (TPSA) is 46.2 Å². The summed E-state index contributed by atoms with van der Waals surface area (Å²) in [6, 6.07) is 9.93. The van der Waals surface area contributed by atoms with Crippen molar-refractivity contribution in [3.8, 4) is 0 Å². The van der Waals surface area contributed by atoms with Gasteiger partial charge in [-0.15, -0.1) is 0 Å². The maximum Gasteiger partial charge on any atom is 0.261 e. The maximum atomic E-state index is 12.4. The minimum absolute atomic E-state index is 0.0948. The van der Waals surface area contributed by atoms with Gasteiger partial charge in [0.1, 0.15) is 0 Å². The van der Waals surface area contributed by atoms with Crippen molar-refractivity contribution < 1.29 is 8.42 Å². The Morgan fingerprint density at radius 3 is 2.43 bits per heavy atom. The number of sulfonamides is 1. The van der Waals surface area contributed by atoms with Gasteiger partial charge in [0.15, 0.2) is 0 Å². The number of nitrogens with one attached hydrogen (secondary N) is 1. The molecule has 0 saturated carbocycles. The molecule has 0 fully saturated rings. The molecule has 0 radical (unpaired) electrons. The highest BCUT2D eigenvalue weighted by atomic mass is 35.5. The number of hydrogen-bond acceptors (Lipinski definition) is 2. The van der Waals surface area contributed by atoms with E-state index in [1.807, 2.05) is 12.1 Å². The highest BCUT2D eigenvalue weighted by molar-refractivity contribution is 7.92. The molecule has 6 heteroatoms. The Bertz CT molecular complexity index is 803. The SMILES string of the molecule is O=S(=O)(Nc1ccc2c(c1)CCC2)c1ccc(Cl)c(Cl)c1. The summed E-state index contributed by atoms with van der Waals surface area (Å²) in [5.74, 6) is 0. The van der Waals surface area contributed by atoms with E-state index in [2.05, 4.69) is 4.72 Å². The molecule has 0 saturated heterocycles. The molecule has 21 heavy (non-hydrogen) atoms. The number of halogens is 2. The average molecular weight is 342 g/mol. The van der Waals surface area contributed by atoms with E-state index < -0.39 is 10.0 Å². The Balaban J connectivity index is 1.90. The minimum atomic E-state index is -3.66. The lowest BCUT2D eigenvalue weighted by Crippen LogP contribution is -2.13. The molecule has 2 aromatic rings. The van der Waals surface area contributed by atoms with Crippen LogP contribution >= 0.6 is 23.2 Å². The van der Waals surface area contributed by atoms with Crippen LogP contribution in [-0.2, 0) is 22.9 Å². The van der Waals surface area contributed by atoms with Crippen LogP contribution in [0.25, 0.3) is 0 Å². The summed E-state index contributed by atoms with van der Waals surface area (Å²) >= 11 is 11.7. The van der Waals surface area contributed by atoms with Gasteiger partial charge in [-0.3, -0.25) is 4.72 Å². The molecule has 2 aromatic carbocycles. The van der Waals surface area contributed by atoms with Crippen LogP contribution in [0.3, 0.4) is 0 Å². The molecule has 3 nitrogen and oxygen atoms in total. The number of fused-ring (bicyclic) bond motifs is 1. The molecule has 1 aliphatic carbocycles. The maximum absolute atomic E-state index is 12.4. The van der Waals surface area contributed by atoms with Crippen molar-refractivity contribution >= 4 is 38.9 Å². The molecule has 0 atom stereocenters. The standard InChI is InChI=1S/C15H13Cl2NO2S/c16-14-7-6-13(9-15(14)17)21(19,20)18-12-5-4-10-2-1-3-11(10)8-12/h4-9,18H,1-3H2. The van der Waals surface area contributed by atoms with Gasteiger partial charge in [-0.1, -0.05) is 29.3 Å². The number of anilines is 1. The van der Waals surface area contributed by atoms with Crippen LogP contribution in [-0.4, -0.2) is 8.42 Å². The van der Waals surface area contributed by atoms with Gasteiger partial charge in [0.2, 0.25) is 0 Å². The Morgan fingerprint density at radius 2 is 1.67 bits per heavy atom. The van der Waals surface area contributed by atoms with Crippen molar-refractivity contribution in [2.75, 3.05) is 4.72 Å². The first-order chi connectivity index (χ1) is 9.95. The van der Waals surface area contributed by atoms with E-state index in [0.29, 0.717) is 10.7 Å². The number of benzene rings is 2. The summed E-state index contributed by atoms with van der Waals surface area (Å²) in [7, 11) is -3.66. The Kier molecular flexibility index (Phi) is 3.86. The lowest BCUT2D eigenvalue weighted by molar-refractivity contribution is 0.601. The Labute approximate surface area is 133 Å². The van der Waals surface area contributed by atoms with E-state index in [1.165, 1.54) is 29.3 Å². The number of rotatable bonds is 3. The molecular formula is C15H13Cl2NO2S. The van der Waals surface area contributed by atoms with Gasteiger partial charge in [0, 0.05) is 5.69 Å². The van der Waals surface area contributed by atoms with Gasteiger partial charge in [-0.25, -0.2) is 8.42 Å². The van der Waals surface area contributed by atoms with Gasteiger partial charge in [0.05, 0.1) is 14.9 Å². The van der Waals surface area contributed by atoms with E-state index in [4.69, 9.17) is 23.2 Å². The van der Waals surface area contributed by atoms with E-state index in [-0.39, 0.29) is 9.92 Å². The lowest BCUT2D eigenvalue weighted by Gasteiger charge is -2.10. The fourth-order valence-electron chi connectivity index (χ4n) is 2.49. The van der Waals surface area contributed by atoms with Crippen molar-refractivity contribution in [2.24, 2.45) is 0 Å². The summed E-state index contributed by atoms with van der Waals surface area (Å²) in [4.78, 5) is 0.0948. The zero-order valence-electron chi connectivity index (χ0n) is 11.1. The quantitative estimate of drug-likeness (QED) is 0.905. The third-order valence-corrected chi connectivity index (χ3v) is 5.67. The molecule has 0 heterocycles. The molecule has 1 N–H and O–H groups in total. The second-order valence-corrected chi connectivity index (χ2v) is 7.52. The molecule has 0 aromatic heterocycles. The molecule has 0 spiro atoms. The normalized spacial score (nSPS) is 14.0. The van der Waals surface area contributed by atoms with Crippen molar-refractivity contribution in [3.63, 3.8) is 0 Å². The average Bonchev–Trinajstić information content (AvgIpc) is 2.88. The summed E-state index contributed by atoms with van der Waals surface area (Å²) in [5.41, 5.74) is 3.08. The van der Waals surface area contributed by atoms with E-state index in [0.717, 1.165) is 19.3 Å². The van der Waals surface area contributed by atoms with E-state index >= 15 is 0 Å². The molecule has 1 aliphatic rings. The van der Waals surface area contributed by atoms with Crippen molar-refractivity contribution in [3.05, 3.63) is 57.6 Å². The first kappa shape index (κ1) is 14.7. The highest BCUT2D eigenvalue weighted by Crippen LogP contribution is 2.28. The zero-order chi connectivity index (χ0) is 15.0. The summed E-state index contributed by atoms with van der Waals surface area (Å²) in [5, 5.41) is 0.543. The molecule has 110 valence electrons. The monoisotopic (exact) mass is 341 g/mol. The minimum Gasteiger partial charge on any atom is -0.280 e. The van der Waals surface area contributed by atoms with Crippen molar-refractivity contribution in [2.45, 2.75) is 24.2 Å². The van der Waals surface area contributed by atoms with Crippen LogP contribution < -0.4 is 4.72 Å². The second kappa shape index (κ2) is 5.52. The third-order valence-electron chi connectivity index (χ3n) is 3.55. The first-order valence-electron chi connectivity index (χ1n) is 6.55. The van der Waals surface area contributed by atoms with Crippen LogP contribution in [0.15, 0.2) is 41.3 Å². The van der Waals surface area contributed by atoms with Crippen LogP contribution in [0, 0.1) is 0 Å². The molecular weight excluding hydrogens is 329 g/mol. The summed E-state index contributed by atoms with van der Waals surface area (Å²) in [6.07, 6.45) is 3.19. The smallest absolute Gasteiger partial charge is 0.261 e. The zero-order valence-corrected chi connectivity index (χ0v) is 13.4. The highest BCUT2D eigenvalue weighted by Gasteiger charge is 2.17. The van der Waals surface area contributed by atoms with Gasteiger partial charge in [-0.05, 0) is 60.7 Å². The summed E-state index contributed by atoms with van der Waals surface area (Å²) < 4.78 is 27.3. The molecule has 0 unspecified atom stereocenters. The summed E-state index contributed by atoms with van der Waals surface area (Å²) in [6.45, 7) is 0. The second-order valence-electron chi connectivity index (χ2n) is 5.02. The van der Waals surface area contributed by atoms with Crippen LogP contribution in [0.1, 0.15) is 17.5 Å². The van der Waals surface area contributed by atoms with Crippen LogP contribution in [0.5, 0.6) is 0 Å². The molecule has 3 rings (SSSR count). The fraction of sp³-hybridized carbons (Fsp3) is 0.200.